The van der Waals surface area contributed by atoms with Gasteiger partial charge in [-0.05, 0) is 62.8 Å². The first-order valence-corrected chi connectivity index (χ1v) is 6.68. The first-order valence-electron chi connectivity index (χ1n) is 6.68. The van der Waals surface area contributed by atoms with Gasteiger partial charge in [-0.25, -0.2) is 0 Å². The second kappa shape index (κ2) is 3.73. The van der Waals surface area contributed by atoms with Crippen molar-refractivity contribution in [2.45, 2.75) is 50.5 Å². The first kappa shape index (κ1) is 10.6. The molecule has 3 fully saturated rings. The molecule has 0 aromatic carbocycles. The second-order valence-electron chi connectivity index (χ2n) is 6.06. The number of carboxylic acid groups (broad SMARTS) is 1. The Bertz CT molecular complexity index is 298. The minimum absolute atomic E-state index is 0.554. The molecule has 3 aliphatic rings. The monoisotopic (exact) mass is 223 g/mol. The number of fused-ring (bicyclic) bond motifs is 2. The number of carboxylic acids is 1. The van der Waals surface area contributed by atoms with Gasteiger partial charge in [-0.15, -0.1) is 0 Å². The van der Waals surface area contributed by atoms with E-state index in [-0.39, 0.29) is 0 Å². The van der Waals surface area contributed by atoms with Gasteiger partial charge in [-0.3, -0.25) is 4.79 Å². The van der Waals surface area contributed by atoms with Crippen molar-refractivity contribution in [2.75, 3.05) is 6.54 Å². The van der Waals surface area contributed by atoms with E-state index in [0.717, 1.165) is 43.6 Å². The number of carbonyl (C=O) groups is 1. The number of hydrogen-bond donors (Lipinski definition) is 2. The summed E-state index contributed by atoms with van der Waals surface area (Å²) in [5.41, 5.74) is -0.554. The average Bonchev–Trinajstić information content (AvgIpc) is 2.76. The lowest BCUT2D eigenvalue weighted by atomic mass is 9.76. The second-order valence-corrected chi connectivity index (χ2v) is 6.06. The molecule has 90 valence electrons. The molecule has 3 atom stereocenters. The molecule has 0 saturated heterocycles. The van der Waals surface area contributed by atoms with E-state index in [0.29, 0.717) is 0 Å². The average molecular weight is 223 g/mol. The van der Waals surface area contributed by atoms with Gasteiger partial charge in [0.25, 0.3) is 0 Å². The van der Waals surface area contributed by atoms with Crippen LogP contribution in [0.3, 0.4) is 0 Å². The fraction of sp³-hybridized carbons (Fsp3) is 0.923. The highest BCUT2D eigenvalue weighted by Gasteiger charge is 2.46. The third-order valence-electron chi connectivity index (χ3n) is 5.20. The third-order valence-corrected chi connectivity index (χ3v) is 5.20. The third kappa shape index (κ3) is 1.56. The number of rotatable bonds is 4. The van der Waals surface area contributed by atoms with Gasteiger partial charge in [-0.1, -0.05) is 6.42 Å². The summed E-state index contributed by atoms with van der Waals surface area (Å²) < 4.78 is 0. The van der Waals surface area contributed by atoms with Crippen LogP contribution in [0.5, 0.6) is 0 Å². The fourth-order valence-corrected chi connectivity index (χ4v) is 3.95. The summed E-state index contributed by atoms with van der Waals surface area (Å²) in [7, 11) is 0. The molecule has 3 aliphatic carbocycles. The van der Waals surface area contributed by atoms with Gasteiger partial charge in [0.2, 0.25) is 0 Å². The Morgan fingerprint density at radius 1 is 1.31 bits per heavy atom. The van der Waals surface area contributed by atoms with Gasteiger partial charge in [0.1, 0.15) is 5.54 Å². The summed E-state index contributed by atoms with van der Waals surface area (Å²) in [4.78, 5) is 11.2. The molecule has 3 heteroatoms. The van der Waals surface area contributed by atoms with E-state index in [1.807, 2.05) is 0 Å². The summed E-state index contributed by atoms with van der Waals surface area (Å²) in [6, 6.07) is 0. The van der Waals surface area contributed by atoms with Crippen molar-refractivity contribution in [1.29, 1.82) is 0 Å². The van der Waals surface area contributed by atoms with E-state index in [1.165, 1.54) is 25.7 Å². The van der Waals surface area contributed by atoms with Crippen molar-refractivity contribution in [3.05, 3.63) is 0 Å². The standard InChI is InChI=1S/C13H21NO2/c15-12(16)13(4-1-5-13)14-8-11-7-9-2-3-10(11)6-9/h9-11,14H,1-8H2,(H,15,16). The predicted molar refractivity (Wildman–Crippen MR) is 61.2 cm³/mol. The van der Waals surface area contributed by atoms with Crippen molar-refractivity contribution < 1.29 is 9.90 Å². The van der Waals surface area contributed by atoms with Crippen LogP contribution < -0.4 is 5.32 Å². The molecular weight excluding hydrogens is 202 g/mol. The molecule has 3 unspecified atom stereocenters. The molecule has 0 aromatic rings. The quantitative estimate of drug-likeness (QED) is 0.766. The molecule has 2 bridgehead atoms. The molecule has 0 spiro atoms. The summed E-state index contributed by atoms with van der Waals surface area (Å²) in [5.74, 6) is 1.97. The number of nitrogens with one attached hydrogen (secondary N) is 1. The normalized spacial score (nSPS) is 39.6. The molecule has 3 rings (SSSR count). The van der Waals surface area contributed by atoms with E-state index in [4.69, 9.17) is 0 Å². The summed E-state index contributed by atoms with van der Waals surface area (Å²) in [6.45, 7) is 0.938. The van der Waals surface area contributed by atoms with Crippen molar-refractivity contribution >= 4 is 5.97 Å². The van der Waals surface area contributed by atoms with E-state index in [1.54, 1.807) is 0 Å². The van der Waals surface area contributed by atoms with Crippen LogP contribution in [0.15, 0.2) is 0 Å². The van der Waals surface area contributed by atoms with E-state index < -0.39 is 11.5 Å². The van der Waals surface area contributed by atoms with Crippen LogP contribution in [0.1, 0.15) is 44.9 Å². The Balaban J connectivity index is 1.54. The highest BCUT2D eigenvalue weighted by atomic mass is 16.4. The maximum absolute atomic E-state index is 11.2. The molecule has 0 radical (unpaired) electrons. The predicted octanol–water partition coefficient (Wildman–Crippen LogP) is 2.02. The van der Waals surface area contributed by atoms with Crippen molar-refractivity contribution in [3.8, 4) is 0 Å². The number of aliphatic carboxylic acids is 1. The largest absolute Gasteiger partial charge is 0.480 e. The first-order chi connectivity index (χ1) is 7.70. The Labute approximate surface area is 96.6 Å². The van der Waals surface area contributed by atoms with Crippen LogP contribution in [0.25, 0.3) is 0 Å². The molecule has 16 heavy (non-hydrogen) atoms. The zero-order valence-electron chi connectivity index (χ0n) is 9.74. The molecule has 0 amide bonds. The molecule has 3 saturated carbocycles. The lowest BCUT2D eigenvalue weighted by Crippen LogP contribution is -2.58. The maximum atomic E-state index is 11.2. The summed E-state index contributed by atoms with van der Waals surface area (Å²) in [6.07, 6.45) is 8.27. The highest BCUT2D eigenvalue weighted by Crippen LogP contribution is 2.48. The van der Waals surface area contributed by atoms with E-state index in [9.17, 15) is 9.90 Å². The van der Waals surface area contributed by atoms with Crippen LogP contribution in [0.2, 0.25) is 0 Å². The molecule has 0 heterocycles. The Kier molecular flexibility index (Phi) is 2.46. The van der Waals surface area contributed by atoms with Crippen LogP contribution >= 0.6 is 0 Å². The van der Waals surface area contributed by atoms with Crippen LogP contribution in [0, 0.1) is 17.8 Å². The molecule has 0 aliphatic heterocycles. The smallest absolute Gasteiger partial charge is 0.323 e. The van der Waals surface area contributed by atoms with Crippen LogP contribution in [-0.4, -0.2) is 23.2 Å². The minimum atomic E-state index is -0.637. The Hall–Kier alpha value is -0.570. The van der Waals surface area contributed by atoms with Gasteiger partial charge >= 0.3 is 5.97 Å². The molecule has 2 N–H and O–H groups in total. The van der Waals surface area contributed by atoms with E-state index in [2.05, 4.69) is 5.32 Å². The topological polar surface area (TPSA) is 49.3 Å². The van der Waals surface area contributed by atoms with Crippen molar-refractivity contribution in [3.63, 3.8) is 0 Å². The number of hydrogen-bond acceptors (Lipinski definition) is 2. The van der Waals surface area contributed by atoms with Crippen molar-refractivity contribution in [1.82, 2.24) is 5.32 Å². The van der Waals surface area contributed by atoms with Gasteiger partial charge in [0, 0.05) is 0 Å². The van der Waals surface area contributed by atoms with Crippen molar-refractivity contribution in [2.24, 2.45) is 17.8 Å². The fourth-order valence-electron chi connectivity index (χ4n) is 3.95. The van der Waals surface area contributed by atoms with Gasteiger partial charge in [0.15, 0.2) is 0 Å². The van der Waals surface area contributed by atoms with Gasteiger partial charge < -0.3 is 10.4 Å². The summed E-state index contributed by atoms with van der Waals surface area (Å²) in [5, 5.41) is 12.6. The van der Waals surface area contributed by atoms with Gasteiger partial charge in [-0.2, -0.15) is 0 Å². The van der Waals surface area contributed by atoms with Crippen LogP contribution in [0.4, 0.5) is 0 Å². The Morgan fingerprint density at radius 3 is 2.56 bits per heavy atom. The molecular formula is C13H21NO2. The summed E-state index contributed by atoms with van der Waals surface area (Å²) >= 11 is 0. The van der Waals surface area contributed by atoms with Gasteiger partial charge in [0.05, 0.1) is 0 Å². The van der Waals surface area contributed by atoms with Crippen LogP contribution in [-0.2, 0) is 4.79 Å². The zero-order chi connectivity index (χ0) is 11.2. The highest BCUT2D eigenvalue weighted by molar-refractivity contribution is 5.79. The lowest BCUT2D eigenvalue weighted by molar-refractivity contribution is -0.149. The molecule has 0 aromatic heterocycles. The zero-order valence-corrected chi connectivity index (χ0v) is 9.74. The lowest BCUT2D eigenvalue weighted by Gasteiger charge is -2.40. The van der Waals surface area contributed by atoms with E-state index >= 15 is 0 Å². The Morgan fingerprint density at radius 2 is 2.12 bits per heavy atom. The maximum Gasteiger partial charge on any atom is 0.323 e. The molecule has 3 nitrogen and oxygen atoms in total. The minimum Gasteiger partial charge on any atom is -0.480 e. The SMILES string of the molecule is O=C(O)C1(NCC2CC3CCC2C3)CCC1.